The monoisotopic (exact) mass is 360 g/mol. The molecule has 1 atom stereocenters. The number of aliphatic hydroxyl groups is 1. The van der Waals surface area contributed by atoms with Crippen LogP contribution in [-0.4, -0.2) is 49.6 Å². The molecule has 0 saturated heterocycles. The van der Waals surface area contributed by atoms with Crippen molar-refractivity contribution in [3.8, 4) is 0 Å². The molecule has 6 heteroatoms. The lowest BCUT2D eigenvalue weighted by molar-refractivity contribution is -0.159. The summed E-state index contributed by atoms with van der Waals surface area (Å²) in [6.07, 6.45) is 4.78. The molecule has 0 fully saturated rings. The number of esters is 2. The van der Waals surface area contributed by atoms with Crippen LogP contribution in [0.25, 0.3) is 0 Å². The summed E-state index contributed by atoms with van der Waals surface area (Å²) in [6, 6.07) is 0. The van der Waals surface area contributed by atoms with Crippen molar-refractivity contribution in [3.63, 3.8) is 0 Å². The summed E-state index contributed by atoms with van der Waals surface area (Å²) in [6.45, 7) is 8.82. The Balaban J connectivity index is 3.63. The molecule has 0 aliphatic heterocycles. The molecule has 6 nitrogen and oxygen atoms in total. The summed E-state index contributed by atoms with van der Waals surface area (Å²) >= 11 is 0. The third-order valence-corrected chi connectivity index (χ3v) is 4.09. The van der Waals surface area contributed by atoms with Crippen LogP contribution in [-0.2, 0) is 23.8 Å². The molecule has 148 valence electrons. The van der Waals surface area contributed by atoms with Gasteiger partial charge >= 0.3 is 11.9 Å². The zero-order valence-corrected chi connectivity index (χ0v) is 16.3. The zero-order valence-electron chi connectivity index (χ0n) is 16.3. The number of carbonyl (C=O) groups excluding carboxylic acids is 2. The van der Waals surface area contributed by atoms with E-state index < -0.39 is 11.5 Å². The average molecular weight is 360 g/mol. The fourth-order valence-corrected chi connectivity index (χ4v) is 1.82. The molecular formula is C19H36O6. The lowest BCUT2D eigenvalue weighted by Crippen LogP contribution is -2.31. The first-order valence-corrected chi connectivity index (χ1v) is 9.42. The van der Waals surface area contributed by atoms with Crippen molar-refractivity contribution in [2.24, 2.45) is 5.41 Å². The van der Waals surface area contributed by atoms with Gasteiger partial charge in [0.1, 0.15) is 19.3 Å². The molecule has 0 heterocycles. The predicted molar refractivity (Wildman–Crippen MR) is 96.2 cm³/mol. The Morgan fingerprint density at radius 1 is 0.960 bits per heavy atom. The van der Waals surface area contributed by atoms with Crippen LogP contribution in [0.15, 0.2) is 0 Å². The Hall–Kier alpha value is -1.14. The summed E-state index contributed by atoms with van der Waals surface area (Å²) in [5.74, 6) is -0.701. The van der Waals surface area contributed by atoms with Crippen LogP contribution in [0.1, 0.15) is 72.6 Å². The minimum absolute atomic E-state index is 0.154. The smallest absolute Gasteiger partial charge is 0.311 e. The Morgan fingerprint density at radius 3 is 2.24 bits per heavy atom. The van der Waals surface area contributed by atoms with E-state index in [-0.39, 0.29) is 25.2 Å². The molecule has 0 saturated carbocycles. The van der Waals surface area contributed by atoms with Crippen LogP contribution in [0.5, 0.6) is 0 Å². The van der Waals surface area contributed by atoms with Crippen LogP contribution in [0.3, 0.4) is 0 Å². The number of rotatable bonds is 15. The van der Waals surface area contributed by atoms with Gasteiger partial charge in [0.05, 0.1) is 5.41 Å². The van der Waals surface area contributed by atoms with Gasteiger partial charge in [-0.3, -0.25) is 9.59 Å². The van der Waals surface area contributed by atoms with Crippen molar-refractivity contribution < 1.29 is 28.9 Å². The maximum Gasteiger partial charge on any atom is 0.311 e. The van der Waals surface area contributed by atoms with Crippen molar-refractivity contribution in [1.82, 2.24) is 0 Å². The van der Waals surface area contributed by atoms with Crippen LogP contribution in [0, 0.1) is 5.41 Å². The van der Waals surface area contributed by atoms with E-state index in [1.54, 1.807) is 13.8 Å². The van der Waals surface area contributed by atoms with Gasteiger partial charge in [-0.1, -0.05) is 26.7 Å². The molecule has 0 aliphatic carbocycles. The van der Waals surface area contributed by atoms with E-state index in [1.807, 2.05) is 6.92 Å². The lowest BCUT2D eigenvalue weighted by Gasteiger charge is -2.21. The third kappa shape index (κ3) is 12.8. The van der Waals surface area contributed by atoms with Crippen molar-refractivity contribution in [3.05, 3.63) is 0 Å². The molecule has 0 radical (unpaired) electrons. The van der Waals surface area contributed by atoms with Crippen molar-refractivity contribution >= 4 is 11.9 Å². The molecule has 0 rings (SSSR count). The van der Waals surface area contributed by atoms with Crippen molar-refractivity contribution in [1.29, 1.82) is 0 Å². The zero-order chi connectivity index (χ0) is 19.1. The normalized spacial score (nSPS) is 12.7. The molecule has 0 aliphatic rings. The summed E-state index contributed by atoms with van der Waals surface area (Å²) in [4.78, 5) is 23.4. The fourth-order valence-electron chi connectivity index (χ4n) is 1.82. The molecule has 0 spiro atoms. The summed E-state index contributed by atoms with van der Waals surface area (Å²) in [5, 5.41) is 9.73. The van der Waals surface area contributed by atoms with Crippen LogP contribution in [0.4, 0.5) is 0 Å². The van der Waals surface area contributed by atoms with Gasteiger partial charge < -0.3 is 19.3 Å². The molecule has 1 N–H and O–H groups in total. The second-order valence-electron chi connectivity index (χ2n) is 6.95. The quantitative estimate of drug-likeness (QED) is 0.357. The van der Waals surface area contributed by atoms with E-state index in [9.17, 15) is 14.7 Å². The van der Waals surface area contributed by atoms with Crippen molar-refractivity contribution in [2.45, 2.75) is 78.7 Å². The van der Waals surface area contributed by atoms with Crippen LogP contribution in [0.2, 0.25) is 0 Å². The number of carbonyl (C=O) groups is 2. The summed E-state index contributed by atoms with van der Waals surface area (Å²) in [7, 11) is 0. The van der Waals surface area contributed by atoms with E-state index in [4.69, 9.17) is 14.2 Å². The number of hydrogen-bond donors (Lipinski definition) is 1. The van der Waals surface area contributed by atoms with Crippen LogP contribution < -0.4 is 0 Å². The largest absolute Gasteiger partial charge is 0.463 e. The average Bonchev–Trinajstić information content (AvgIpc) is 2.59. The number of unbranched alkanes of at least 4 members (excludes halogenated alkanes) is 3. The van der Waals surface area contributed by atoms with E-state index in [0.29, 0.717) is 12.8 Å². The molecule has 25 heavy (non-hydrogen) atoms. The maximum atomic E-state index is 11.8. The van der Waals surface area contributed by atoms with Gasteiger partial charge in [-0.25, -0.2) is 0 Å². The van der Waals surface area contributed by atoms with Gasteiger partial charge in [-0.2, -0.15) is 0 Å². The molecule has 0 aromatic heterocycles. The Labute approximate surface area is 152 Å². The highest BCUT2D eigenvalue weighted by atomic mass is 16.6. The van der Waals surface area contributed by atoms with Gasteiger partial charge in [-0.05, 0) is 39.5 Å². The third-order valence-electron chi connectivity index (χ3n) is 4.09. The predicted octanol–water partition coefficient (Wildman–Crippen LogP) is 3.25. The standard InChI is InChI=1S/C19H36O6/c1-5-7-12-23-13-10-8-9-11-17(21)24-14-16(20)15-25-18(22)19(3,4)6-2/h16,20H,5-15H2,1-4H3. The van der Waals surface area contributed by atoms with E-state index in [2.05, 4.69) is 6.92 Å². The Morgan fingerprint density at radius 2 is 1.60 bits per heavy atom. The fraction of sp³-hybridized carbons (Fsp3) is 0.895. The summed E-state index contributed by atoms with van der Waals surface area (Å²) < 4.78 is 15.5. The number of ether oxygens (including phenoxy) is 3. The number of hydrogen-bond acceptors (Lipinski definition) is 6. The SMILES string of the molecule is CCCCOCCCCCC(=O)OCC(O)COC(=O)C(C)(C)CC. The Kier molecular flexibility index (Phi) is 13.4. The van der Waals surface area contributed by atoms with Gasteiger partial charge in [0.25, 0.3) is 0 Å². The van der Waals surface area contributed by atoms with Gasteiger partial charge in [0, 0.05) is 19.6 Å². The van der Waals surface area contributed by atoms with Gasteiger partial charge in [0.15, 0.2) is 0 Å². The first kappa shape index (κ1) is 23.9. The molecule has 0 aromatic carbocycles. The Bertz CT molecular complexity index is 367. The highest BCUT2D eigenvalue weighted by Crippen LogP contribution is 2.21. The molecular weight excluding hydrogens is 324 g/mol. The first-order valence-electron chi connectivity index (χ1n) is 9.42. The maximum absolute atomic E-state index is 11.8. The molecule has 0 aromatic rings. The van der Waals surface area contributed by atoms with Gasteiger partial charge in [-0.15, -0.1) is 0 Å². The number of aliphatic hydroxyl groups excluding tert-OH is 1. The second-order valence-corrected chi connectivity index (χ2v) is 6.95. The van der Waals surface area contributed by atoms with Gasteiger partial charge in [0.2, 0.25) is 0 Å². The minimum Gasteiger partial charge on any atom is -0.463 e. The highest BCUT2D eigenvalue weighted by Gasteiger charge is 2.27. The van der Waals surface area contributed by atoms with Crippen LogP contribution >= 0.6 is 0 Å². The lowest BCUT2D eigenvalue weighted by atomic mass is 9.91. The minimum atomic E-state index is -0.993. The highest BCUT2D eigenvalue weighted by molar-refractivity contribution is 5.75. The molecule has 0 bridgehead atoms. The summed E-state index contributed by atoms with van der Waals surface area (Å²) in [5.41, 5.74) is -0.573. The van der Waals surface area contributed by atoms with Crippen molar-refractivity contribution in [2.75, 3.05) is 26.4 Å². The topological polar surface area (TPSA) is 82.1 Å². The van der Waals surface area contributed by atoms with E-state index in [1.165, 1.54) is 0 Å². The molecule has 0 amide bonds. The molecule has 1 unspecified atom stereocenters. The first-order chi connectivity index (χ1) is 11.8. The second kappa shape index (κ2) is 14.1. The van der Waals surface area contributed by atoms with E-state index in [0.717, 1.165) is 45.3 Å². The van der Waals surface area contributed by atoms with E-state index >= 15 is 0 Å².